The SMILES string of the molecule is CCCC1CCN(c2nc(NN)ccc2[N+](=O)[O-])C1. The first kappa shape index (κ1) is 13.5. The molecule has 1 aliphatic heterocycles. The molecule has 7 heteroatoms. The van der Waals surface area contributed by atoms with E-state index in [1.807, 2.05) is 4.90 Å². The van der Waals surface area contributed by atoms with Crippen LogP contribution in [0, 0.1) is 16.0 Å². The van der Waals surface area contributed by atoms with Crippen LogP contribution in [0.15, 0.2) is 12.1 Å². The summed E-state index contributed by atoms with van der Waals surface area (Å²) in [6.45, 7) is 3.80. The number of nitrogens with zero attached hydrogens (tertiary/aromatic N) is 3. The van der Waals surface area contributed by atoms with Crippen molar-refractivity contribution in [2.75, 3.05) is 23.4 Å². The van der Waals surface area contributed by atoms with Gasteiger partial charge in [-0.15, -0.1) is 0 Å². The van der Waals surface area contributed by atoms with Crippen LogP contribution < -0.4 is 16.2 Å². The molecule has 0 saturated carbocycles. The average Bonchev–Trinajstić information content (AvgIpc) is 2.87. The van der Waals surface area contributed by atoms with E-state index in [1.54, 1.807) is 0 Å². The molecule has 1 aromatic rings. The summed E-state index contributed by atoms with van der Waals surface area (Å²) in [4.78, 5) is 16.9. The molecule has 3 N–H and O–H groups in total. The number of nitrogens with two attached hydrogens (primary N) is 1. The van der Waals surface area contributed by atoms with Gasteiger partial charge in [0.25, 0.3) is 0 Å². The fraction of sp³-hybridized carbons (Fsp3) is 0.583. The number of nitro groups is 1. The van der Waals surface area contributed by atoms with Crippen molar-refractivity contribution in [2.24, 2.45) is 11.8 Å². The number of hydrogen-bond donors (Lipinski definition) is 2. The van der Waals surface area contributed by atoms with Crippen molar-refractivity contribution in [1.29, 1.82) is 0 Å². The molecular formula is C12H19N5O2. The minimum Gasteiger partial charge on any atom is -0.351 e. The molecule has 0 amide bonds. The molecule has 1 unspecified atom stereocenters. The second-order valence-electron chi connectivity index (χ2n) is 4.83. The maximum atomic E-state index is 11.1. The highest BCUT2D eigenvalue weighted by Crippen LogP contribution is 2.32. The Morgan fingerprint density at radius 1 is 1.63 bits per heavy atom. The van der Waals surface area contributed by atoms with Crippen molar-refractivity contribution in [3.8, 4) is 0 Å². The molecule has 0 spiro atoms. The molecule has 0 aliphatic carbocycles. The van der Waals surface area contributed by atoms with Crippen molar-refractivity contribution in [3.05, 3.63) is 22.2 Å². The van der Waals surface area contributed by atoms with E-state index in [2.05, 4.69) is 17.3 Å². The third-order valence-electron chi connectivity index (χ3n) is 3.48. The third-order valence-corrected chi connectivity index (χ3v) is 3.48. The van der Waals surface area contributed by atoms with E-state index in [0.717, 1.165) is 32.4 Å². The number of nitrogens with one attached hydrogen (secondary N) is 1. The smallest absolute Gasteiger partial charge is 0.311 e. The van der Waals surface area contributed by atoms with E-state index in [-0.39, 0.29) is 5.69 Å². The lowest BCUT2D eigenvalue weighted by Gasteiger charge is -2.18. The van der Waals surface area contributed by atoms with Crippen LogP contribution in [0.25, 0.3) is 0 Å². The first-order chi connectivity index (χ1) is 9.15. The van der Waals surface area contributed by atoms with Crippen LogP contribution in [0.2, 0.25) is 0 Å². The van der Waals surface area contributed by atoms with Crippen molar-refractivity contribution < 1.29 is 4.92 Å². The zero-order chi connectivity index (χ0) is 13.8. The lowest BCUT2D eigenvalue weighted by atomic mass is 10.0. The zero-order valence-corrected chi connectivity index (χ0v) is 11.0. The van der Waals surface area contributed by atoms with Gasteiger partial charge in [-0.05, 0) is 24.8 Å². The molecule has 1 fully saturated rings. The van der Waals surface area contributed by atoms with Crippen LogP contribution in [0.3, 0.4) is 0 Å². The predicted octanol–water partition coefficient (Wildman–Crippen LogP) is 1.90. The Kier molecular flexibility index (Phi) is 4.16. The third kappa shape index (κ3) is 2.93. The Hall–Kier alpha value is -1.89. The van der Waals surface area contributed by atoms with Crippen molar-refractivity contribution in [1.82, 2.24) is 4.98 Å². The highest BCUT2D eigenvalue weighted by Gasteiger charge is 2.28. The van der Waals surface area contributed by atoms with Gasteiger partial charge in [0.05, 0.1) is 4.92 Å². The molecule has 1 aliphatic rings. The topological polar surface area (TPSA) is 97.3 Å². The molecule has 1 atom stereocenters. The number of hydrogen-bond acceptors (Lipinski definition) is 6. The van der Waals surface area contributed by atoms with Gasteiger partial charge in [0.15, 0.2) is 0 Å². The van der Waals surface area contributed by atoms with Gasteiger partial charge >= 0.3 is 5.69 Å². The van der Waals surface area contributed by atoms with Crippen LogP contribution in [0.1, 0.15) is 26.2 Å². The highest BCUT2D eigenvalue weighted by molar-refractivity contribution is 5.62. The Morgan fingerprint density at radius 3 is 3.05 bits per heavy atom. The van der Waals surface area contributed by atoms with Crippen molar-refractivity contribution in [2.45, 2.75) is 26.2 Å². The van der Waals surface area contributed by atoms with Gasteiger partial charge in [0.1, 0.15) is 5.82 Å². The minimum atomic E-state index is -0.393. The first-order valence-electron chi connectivity index (χ1n) is 6.52. The Balaban J connectivity index is 2.25. The molecule has 19 heavy (non-hydrogen) atoms. The maximum absolute atomic E-state index is 11.1. The summed E-state index contributed by atoms with van der Waals surface area (Å²) in [6, 6.07) is 2.96. The van der Waals surface area contributed by atoms with Crippen LogP contribution in [0.4, 0.5) is 17.3 Å². The van der Waals surface area contributed by atoms with Crippen molar-refractivity contribution >= 4 is 17.3 Å². The van der Waals surface area contributed by atoms with E-state index in [4.69, 9.17) is 5.84 Å². The summed E-state index contributed by atoms with van der Waals surface area (Å²) >= 11 is 0. The molecule has 1 saturated heterocycles. The first-order valence-corrected chi connectivity index (χ1v) is 6.52. The second-order valence-corrected chi connectivity index (χ2v) is 4.83. The van der Waals surface area contributed by atoms with Gasteiger partial charge in [0, 0.05) is 19.2 Å². The summed E-state index contributed by atoms with van der Waals surface area (Å²) in [5.74, 6) is 6.78. The highest BCUT2D eigenvalue weighted by atomic mass is 16.6. The summed E-state index contributed by atoms with van der Waals surface area (Å²) in [6.07, 6.45) is 3.35. The standard InChI is InChI=1S/C12H19N5O2/c1-2-3-9-6-7-16(8-9)12-10(17(18)19)4-5-11(14-12)15-13/h4-5,9H,2-3,6-8,13H2,1H3,(H,14,15). The lowest BCUT2D eigenvalue weighted by molar-refractivity contribution is -0.384. The second kappa shape index (κ2) is 5.83. The number of nitrogen functional groups attached to an aromatic ring is 1. The number of pyridine rings is 1. The van der Waals surface area contributed by atoms with Crippen LogP contribution >= 0.6 is 0 Å². The molecule has 2 heterocycles. The Labute approximate surface area is 111 Å². The van der Waals surface area contributed by atoms with E-state index in [9.17, 15) is 10.1 Å². The quantitative estimate of drug-likeness (QED) is 0.479. The summed E-state index contributed by atoms with van der Waals surface area (Å²) in [7, 11) is 0. The molecule has 7 nitrogen and oxygen atoms in total. The normalized spacial score (nSPS) is 18.6. The van der Waals surface area contributed by atoms with Crippen molar-refractivity contribution in [3.63, 3.8) is 0 Å². The molecule has 0 aromatic carbocycles. The largest absolute Gasteiger partial charge is 0.351 e. The average molecular weight is 265 g/mol. The molecule has 104 valence electrons. The summed E-state index contributed by atoms with van der Waals surface area (Å²) in [5.41, 5.74) is 2.47. The number of hydrazine groups is 1. The van der Waals surface area contributed by atoms with Gasteiger partial charge in [-0.2, -0.15) is 0 Å². The Bertz CT molecular complexity index is 465. The zero-order valence-electron chi connectivity index (χ0n) is 11.0. The summed E-state index contributed by atoms with van der Waals surface area (Å²) in [5, 5.41) is 11.1. The Morgan fingerprint density at radius 2 is 2.42 bits per heavy atom. The molecule has 2 rings (SSSR count). The fourth-order valence-corrected chi connectivity index (χ4v) is 2.57. The monoisotopic (exact) mass is 265 g/mol. The van der Waals surface area contributed by atoms with Crippen LogP contribution in [-0.2, 0) is 0 Å². The summed E-state index contributed by atoms with van der Waals surface area (Å²) < 4.78 is 0. The van der Waals surface area contributed by atoms with E-state index in [0.29, 0.717) is 17.6 Å². The van der Waals surface area contributed by atoms with E-state index < -0.39 is 4.92 Å². The van der Waals surface area contributed by atoms with Crippen LogP contribution in [0.5, 0.6) is 0 Å². The maximum Gasteiger partial charge on any atom is 0.311 e. The number of rotatable bonds is 5. The van der Waals surface area contributed by atoms with Gasteiger partial charge in [-0.25, -0.2) is 10.8 Å². The molecule has 0 radical (unpaired) electrons. The fourth-order valence-electron chi connectivity index (χ4n) is 2.57. The van der Waals surface area contributed by atoms with Gasteiger partial charge < -0.3 is 10.3 Å². The number of aromatic nitrogens is 1. The van der Waals surface area contributed by atoms with Gasteiger partial charge in [0.2, 0.25) is 5.82 Å². The lowest BCUT2D eigenvalue weighted by Crippen LogP contribution is -2.23. The van der Waals surface area contributed by atoms with E-state index in [1.165, 1.54) is 12.1 Å². The molecule has 0 bridgehead atoms. The van der Waals surface area contributed by atoms with Gasteiger partial charge in [-0.1, -0.05) is 13.3 Å². The van der Waals surface area contributed by atoms with Crippen LogP contribution in [-0.4, -0.2) is 23.0 Å². The van der Waals surface area contributed by atoms with E-state index >= 15 is 0 Å². The number of anilines is 2. The van der Waals surface area contributed by atoms with Gasteiger partial charge in [-0.3, -0.25) is 10.1 Å². The minimum absolute atomic E-state index is 0.0381. The molecular weight excluding hydrogens is 246 g/mol. The molecule has 1 aromatic heterocycles. The predicted molar refractivity (Wildman–Crippen MR) is 73.9 cm³/mol.